The Morgan fingerprint density at radius 1 is 1.16 bits per heavy atom. The van der Waals surface area contributed by atoms with E-state index in [0.717, 1.165) is 15.6 Å². The zero-order chi connectivity index (χ0) is 18.0. The van der Waals surface area contributed by atoms with Gasteiger partial charge in [-0.05, 0) is 36.4 Å². The van der Waals surface area contributed by atoms with Gasteiger partial charge in [-0.1, -0.05) is 6.07 Å². The van der Waals surface area contributed by atoms with Crippen molar-refractivity contribution in [3.05, 3.63) is 66.2 Å². The Bertz CT molecular complexity index is 1010. The molecule has 0 spiro atoms. The van der Waals surface area contributed by atoms with E-state index < -0.39 is 10.0 Å². The largest absolute Gasteiger partial charge is 0.345 e. The number of hydrogen-bond acceptors (Lipinski definition) is 4. The average Bonchev–Trinajstić information content (AvgIpc) is 3.03. The Kier molecular flexibility index (Phi) is 4.56. The number of nitrogens with one attached hydrogen (secondary N) is 1. The highest BCUT2D eigenvalue weighted by Gasteiger charge is 2.17. The van der Waals surface area contributed by atoms with Gasteiger partial charge in [0.15, 0.2) is 0 Å². The van der Waals surface area contributed by atoms with Gasteiger partial charge < -0.3 is 9.72 Å². The van der Waals surface area contributed by atoms with Crippen LogP contribution in [0.25, 0.3) is 5.52 Å². The van der Waals surface area contributed by atoms with Crippen molar-refractivity contribution < 1.29 is 13.2 Å². The third-order valence-corrected chi connectivity index (χ3v) is 5.65. The van der Waals surface area contributed by atoms with Crippen LogP contribution in [-0.2, 0) is 16.6 Å². The van der Waals surface area contributed by atoms with Crippen molar-refractivity contribution in [2.24, 2.45) is 0 Å². The Morgan fingerprint density at radius 2 is 1.88 bits per heavy atom. The molecule has 1 amide bonds. The number of sulfonamides is 1. The molecule has 0 atom stereocenters. The number of carbonyl (C=O) groups is 1. The molecular formula is C17H18N4O3S. The van der Waals surface area contributed by atoms with Crippen LogP contribution < -0.4 is 5.32 Å². The van der Waals surface area contributed by atoms with Crippen LogP contribution in [0.2, 0.25) is 0 Å². The van der Waals surface area contributed by atoms with Gasteiger partial charge >= 0.3 is 0 Å². The first-order valence-corrected chi connectivity index (χ1v) is 9.05. The number of amides is 1. The van der Waals surface area contributed by atoms with Gasteiger partial charge in [-0.25, -0.2) is 17.7 Å². The van der Waals surface area contributed by atoms with Gasteiger partial charge in [-0.3, -0.25) is 4.79 Å². The molecule has 8 heteroatoms. The van der Waals surface area contributed by atoms with Crippen molar-refractivity contribution in [1.82, 2.24) is 19.0 Å². The Labute approximate surface area is 146 Å². The van der Waals surface area contributed by atoms with Gasteiger partial charge in [0.25, 0.3) is 5.91 Å². The highest BCUT2D eigenvalue weighted by Crippen LogP contribution is 2.14. The first-order chi connectivity index (χ1) is 11.9. The molecule has 0 unspecified atom stereocenters. The zero-order valence-corrected chi connectivity index (χ0v) is 14.7. The van der Waals surface area contributed by atoms with Crippen LogP contribution in [0.5, 0.6) is 0 Å². The van der Waals surface area contributed by atoms with E-state index in [1.54, 1.807) is 6.20 Å². The van der Waals surface area contributed by atoms with Gasteiger partial charge in [0.1, 0.15) is 5.82 Å². The van der Waals surface area contributed by atoms with Crippen molar-refractivity contribution in [1.29, 1.82) is 0 Å². The summed E-state index contributed by atoms with van der Waals surface area (Å²) in [6.07, 6.45) is 3.62. The van der Waals surface area contributed by atoms with Crippen LogP contribution in [0.15, 0.2) is 59.8 Å². The Morgan fingerprint density at radius 3 is 2.56 bits per heavy atom. The quantitative estimate of drug-likeness (QED) is 0.749. The van der Waals surface area contributed by atoms with Gasteiger partial charge in [-0.2, -0.15) is 0 Å². The third-order valence-electron chi connectivity index (χ3n) is 3.82. The summed E-state index contributed by atoms with van der Waals surface area (Å²) in [7, 11) is -0.577. The summed E-state index contributed by atoms with van der Waals surface area (Å²) in [5.74, 6) is 0.428. The zero-order valence-electron chi connectivity index (χ0n) is 13.9. The summed E-state index contributed by atoms with van der Waals surface area (Å²) >= 11 is 0. The molecule has 130 valence electrons. The number of hydrogen-bond donors (Lipinski definition) is 1. The molecule has 0 aliphatic heterocycles. The van der Waals surface area contributed by atoms with Crippen molar-refractivity contribution in [3.63, 3.8) is 0 Å². The standard InChI is InChI=1S/C17H18N4O3S/c1-20(2)25(23,24)15-8-6-13(7-9-15)17(22)19-12-16-18-11-14-5-3-4-10-21(14)16/h3-11H,12H2,1-2H3,(H,19,22). The number of aromatic nitrogens is 2. The lowest BCUT2D eigenvalue weighted by Crippen LogP contribution is -2.24. The van der Waals surface area contributed by atoms with Gasteiger partial charge in [0, 0.05) is 25.9 Å². The van der Waals surface area contributed by atoms with Gasteiger partial charge in [0.2, 0.25) is 10.0 Å². The SMILES string of the molecule is CN(C)S(=O)(=O)c1ccc(C(=O)NCc2ncc3ccccn23)cc1. The Hall–Kier alpha value is -2.71. The molecule has 0 radical (unpaired) electrons. The van der Waals surface area contributed by atoms with Crippen LogP contribution in [0.4, 0.5) is 0 Å². The minimum absolute atomic E-state index is 0.147. The average molecular weight is 358 g/mol. The molecule has 2 heterocycles. The van der Waals surface area contributed by atoms with Crippen LogP contribution in [0, 0.1) is 0 Å². The van der Waals surface area contributed by atoms with Crippen molar-refractivity contribution in [3.8, 4) is 0 Å². The highest BCUT2D eigenvalue weighted by atomic mass is 32.2. The number of rotatable bonds is 5. The van der Waals surface area contributed by atoms with E-state index in [1.165, 1.54) is 38.4 Å². The molecule has 25 heavy (non-hydrogen) atoms. The summed E-state index contributed by atoms with van der Waals surface area (Å²) in [6.45, 7) is 0.273. The van der Waals surface area contributed by atoms with Crippen LogP contribution >= 0.6 is 0 Å². The maximum atomic E-state index is 12.3. The summed E-state index contributed by atoms with van der Waals surface area (Å²) in [4.78, 5) is 16.7. The smallest absolute Gasteiger partial charge is 0.251 e. The first-order valence-electron chi connectivity index (χ1n) is 7.61. The van der Waals surface area contributed by atoms with Gasteiger partial charge in [-0.15, -0.1) is 0 Å². The molecule has 0 saturated heterocycles. The van der Waals surface area contributed by atoms with E-state index in [4.69, 9.17) is 0 Å². The van der Waals surface area contributed by atoms with Crippen LogP contribution in [0.1, 0.15) is 16.2 Å². The second kappa shape index (κ2) is 6.66. The maximum Gasteiger partial charge on any atom is 0.251 e. The highest BCUT2D eigenvalue weighted by molar-refractivity contribution is 7.89. The van der Waals surface area contributed by atoms with E-state index in [1.807, 2.05) is 28.8 Å². The second-order valence-corrected chi connectivity index (χ2v) is 7.82. The molecule has 0 saturated carbocycles. The molecule has 7 nitrogen and oxygen atoms in total. The fraction of sp³-hybridized carbons (Fsp3) is 0.176. The summed E-state index contributed by atoms with van der Waals surface area (Å²) in [5.41, 5.74) is 1.34. The third kappa shape index (κ3) is 3.40. The minimum atomic E-state index is -3.50. The maximum absolute atomic E-state index is 12.3. The number of carbonyl (C=O) groups excluding carboxylic acids is 1. The first kappa shape index (κ1) is 17.1. The fourth-order valence-electron chi connectivity index (χ4n) is 2.38. The molecule has 0 fully saturated rings. The number of nitrogens with zero attached hydrogens (tertiary/aromatic N) is 3. The topological polar surface area (TPSA) is 83.8 Å². The van der Waals surface area contributed by atoms with E-state index in [9.17, 15) is 13.2 Å². The molecule has 2 aromatic heterocycles. The van der Waals surface area contributed by atoms with Crippen molar-refractivity contribution in [2.45, 2.75) is 11.4 Å². The lowest BCUT2D eigenvalue weighted by molar-refractivity contribution is 0.0949. The molecule has 1 aromatic carbocycles. The summed E-state index contributed by atoms with van der Waals surface area (Å²) in [6, 6.07) is 11.6. The molecule has 0 aliphatic carbocycles. The van der Waals surface area contributed by atoms with Crippen molar-refractivity contribution >= 4 is 21.4 Å². The monoisotopic (exact) mass is 358 g/mol. The predicted octanol–water partition coefficient (Wildman–Crippen LogP) is 1.51. The molecule has 3 aromatic rings. The van der Waals surface area contributed by atoms with Gasteiger partial charge in [0.05, 0.1) is 23.2 Å². The minimum Gasteiger partial charge on any atom is -0.345 e. The lowest BCUT2D eigenvalue weighted by atomic mass is 10.2. The number of benzene rings is 1. The summed E-state index contributed by atoms with van der Waals surface area (Å²) < 4.78 is 27.1. The number of pyridine rings is 1. The number of fused-ring (bicyclic) bond motifs is 1. The lowest BCUT2D eigenvalue weighted by Gasteiger charge is -2.11. The van der Waals surface area contributed by atoms with E-state index in [2.05, 4.69) is 10.3 Å². The predicted molar refractivity (Wildman–Crippen MR) is 93.7 cm³/mol. The van der Waals surface area contributed by atoms with E-state index in [-0.39, 0.29) is 17.3 Å². The molecular weight excluding hydrogens is 340 g/mol. The summed E-state index contributed by atoms with van der Waals surface area (Å²) in [5, 5.41) is 2.79. The normalized spacial score (nSPS) is 11.8. The number of imidazole rings is 1. The fourth-order valence-corrected chi connectivity index (χ4v) is 3.28. The second-order valence-electron chi connectivity index (χ2n) is 5.66. The molecule has 0 aliphatic rings. The molecule has 3 rings (SSSR count). The van der Waals surface area contributed by atoms with Crippen molar-refractivity contribution in [2.75, 3.05) is 14.1 Å². The van der Waals surface area contributed by atoms with Crippen LogP contribution in [-0.4, -0.2) is 42.1 Å². The molecule has 0 bridgehead atoms. The van der Waals surface area contributed by atoms with E-state index in [0.29, 0.717) is 5.56 Å². The van der Waals surface area contributed by atoms with Crippen LogP contribution in [0.3, 0.4) is 0 Å². The Balaban J connectivity index is 1.71. The van der Waals surface area contributed by atoms with E-state index >= 15 is 0 Å². The molecule has 1 N–H and O–H groups in total.